The molecule has 0 aromatic carbocycles. The van der Waals surface area contributed by atoms with Crippen molar-refractivity contribution in [3.63, 3.8) is 0 Å². The van der Waals surface area contributed by atoms with Crippen LogP contribution >= 0.6 is 23.5 Å². The highest BCUT2D eigenvalue weighted by atomic mass is 31.3. The Balaban J connectivity index is 1.79. The zero-order valence-corrected chi connectivity index (χ0v) is 18.1. The summed E-state index contributed by atoms with van der Waals surface area (Å²) in [6, 6.07) is 0. The summed E-state index contributed by atoms with van der Waals surface area (Å²) in [5.74, 6) is -0.900. The van der Waals surface area contributed by atoms with Gasteiger partial charge >= 0.3 is 29.2 Å². The minimum atomic E-state index is -5.30. The molecule has 1 aromatic heterocycles. The third-order valence-corrected chi connectivity index (χ3v) is 9.39. The van der Waals surface area contributed by atoms with Crippen LogP contribution in [0.25, 0.3) is 0 Å². The van der Waals surface area contributed by atoms with Crippen LogP contribution in [0, 0.1) is 0 Å². The van der Waals surface area contributed by atoms with Crippen molar-refractivity contribution in [1.29, 1.82) is 0 Å². The van der Waals surface area contributed by atoms with Crippen molar-refractivity contribution in [1.82, 2.24) is 9.55 Å². The molecule has 1 aromatic rings. The largest absolute Gasteiger partial charge is 0.492 e. The highest BCUT2D eigenvalue weighted by Crippen LogP contribution is 2.80. The first-order valence-electron chi connectivity index (χ1n) is 8.30. The Bertz CT molecular complexity index is 1150. The molecule has 18 nitrogen and oxygen atoms in total. The molecule has 21 heteroatoms. The van der Waals surface area contributed by atoms with E-state index in [1.54, 1.807) is 0 Å². The molecule has 3 heterocycles. The number of nitrogens with one attached hydrogen (secondary N) is 1. The third-order valence-electron chi connectivity index (χ3n) is 4.03. The lowest BCUT2D eigenvalue weighted by Crippen LogP contribution is -2.39. The Labute approximate surface area is 176 Å². The molecule has 3 rings (SSSR count). The third kappa shape index (κ3) is 5.51. The van der Waals surface area contributed by atoms with Crippen molar-refractivity contribution in [2.45, 2.75) is 31.0 Å². The molecule has 32 heavy (non-hydrogen) atoms. The van der Waals surface area contributed by atoms with Gasteiger partial charge in [0.05, 0.1) is 13.0 Å². The number of amides is 1. The van der Waals surface area contributed by atoms with E-state index in [9.17, 15) is 48.1 Å². The smallest absolute Gasteiger partial charge is 0.387 e. The molecule has 2 saturated heterocycles. The molecule has 0 radical (unpaired) electrons. The Hall–Kier alpha value is -1.52. The van der Waals surface area contributed by atoms with Gasteiger partial charge in [0.25, 0.3) is 5.56 Å². The van der Waals surface area contributed by atoms with Crippen molar-refractivity contribution < 1.29 is 60.7 Å². The zero-order valence-electron chi connectivity index (χ0n) is 15.4. The lowest BCUT2D eigenvalue weighted by atomic mass is 10.1. The fraction of sp³-hybridized carbons (Fsp3) is 0.545. The summed E-state index contributed by atoms with van der Waals surface area (Å²) in [4.78, 5) is 55.2. The average Bonchev–Trinajstić information content (AvgIpc) is 2.87. The minimum Gasteiger partial charge on any atom is -0.387 e. The standard InChI is InChI=1S/C11H16N3O15P3/c12-6(15)1-4-2-14(11(19)13-9(4)18)10-8(17)7(16)5(26-10)3-25-32(24)28-30(20,21)27-31(22,23)29-32/h2,5,7-8,10,16-17H,1,3H2,(H2,12,15)(H,20,21)(H,22,23)(H,13,18,19)/t5-,7+,8?,10-/m1/s1. The first-order valence-corrected chi connectivity index (χ1v) is 12.7. The highest BCUT2D eigenvalue weighted by molar-refractivity contribution is 7.74. The predicted molar refractivity (Wildman–Crippen MR) is 96.6 cm³/mol. The molecule has 0 bridgehead atoms. The van der Waals surface area contributed by atoms with E-state index in [4.69, 9.17) is 10.5 Å². The molecular formula is C11H16N3O15P3. The number of primary amides is 1. The number of aliphatic hydroxyl groups is 2. The van der Waals surface area contributed by atoms with Crippen LogP contribution in [0.4, 0.5) is 0 Å². The van der Waals surface area contributed by atoms with Gasteiger partial charge in [0.1, 0.15) is 18.3 Å². The van der Waals surface area contributed by atoms with Crippen molar-refractivity contribution in [2.24, 2.45) is 5.73 Å². The normalized spacial score (nSPS) is 39.8. The monoisotopic (exact) mass is 523 g/mol. The van der Waals surface area contributed by atoms with Crippen molar-refractivity contribution in [2.75, 3.05) is 6.61 Å². The maximum absolute atomic E-state index is 12.3. The lowest BCUT2D eigenvalue weighted by molar-refractivity contribution is -0.117. The van der Waals surface area contributed by atoms with Crippen LogP contribution < -0.4 is 17.0 Å². The van der Waals surface area contributed by atoms with E-state index < -0.39 is 78.2 Å². The highest BCUT2D eigenvalue weighted by Gasteiger charge is 2.55. The SMILES string of the molecule is NC(=O)Cc1cn([C@@H]2O[C@H](COP3(=O)OP(=O)(O)OP(=O)(O)O3)[C@H](O)C2O)c(=O)[nH]c1=O. The number of hydrogen-bond acceptors (Lipinski definition) is 13. The predicted octanol–water partition coefficient (Wildman–Crippen LogP) is -2.43. The molecule has 0 spiro atoms. The number of phosphoric acid groups is 3. The van der Waals surface area contributed by atoms with Gasteiger partial charge in [-0.2, -0.15) is 12.9 Å². The number of hydrogen-bond donors (Lipinski definition) is 6. The molecule has 2 aliphatic heterocycles. The second-order valence-electron chi connectivity index (χ2n) is 6.44. The van der Waals surface area contributed by atoms with Gasteiger partial charge in [-0.15, -0.1) is 0 Å². The van der Waals surface area contributed by atoms with E-state index in [-0.39, 0.29) is 5.56 Å². The Kier molecular flexibility index (Phi) is 6.81. The fourth-order valence-corrected chi connectivity index (χ4v) is 7.70. The summed E-state index contributed by atoms with van der Waals surface area (Å²) in [5.41, 5.74) is 2.75. The first kappa shape index (κ1) is 25.1. The van der Waals surface area contributed by atoms with Gasteiger partial charge in [-0.25, -0.2) is 18.5 Å². The van der Waals surface area contributed by atoms with E-state index in [1.165, 1.54) is 0 Å². The van der Waals surface area contributed by atoms with E-state index in [0.717, 1.165) is 6.20 Å². The van der Waals surface area contributed by atoms with Crippen LogP contribution in [0.3, 0.4) is 0 Å². The quantitative estimate of drug-likeness (QED) is 0.212. The first-order chi connectivity index (χ1) is 14.6. The minimum absolute atomic E-state index is 0.257. The molecule has 6 atom stereocenters. The maximum Gasteiger partial charge on any atom is 0.492 e. The van der Waals surface area contributed by atoms with Crippen molar-refractivity contribution in [3.05, 3.63) is 32.6 Å². The van der Waals surface area contributed by atoms with E-state index in [2.05, 4.69) is 17.5 Å². The Morgan fingerprint density at radius 3 is 2.28 bits per heavy atom. The van der Waals surface area contributed by atoms with Gasteiger partial charge in [-0.3, -0.25) is 23.7 Å². The second kappa shape index (κ2) is 8.68. The summed E-state index contributed by atoms with van der Waals surface area (Å²) in [6.07, 6.45) is -6.60. The van der Waals surface area contributed by atoms with Crippen LogP contribution in [0.5, 0.6) is 0 Å². The maximum atomic E-state index is 12.3. The molecule has 180 valence electrons. The van der Waals surface area contributed by atoms with E-state index >= 15 is 0 Å². The molecule has 0 aliphatic carbocycles. The molecule has 1 amide bonds. The van der Waals surface area contributed by atoms with Crippen LogP contribution in [-0.4, -0.2) is 60.4 Å². The second-order valence-corrected chi connectivity index (χ2v) is 11.4. The van der Waals surface area contributed by atoms with Crippen LogP contribution in [0.2, 0.25) is 0 Å². The number of aromatic amines is 1. The number of carbonyl (C=O) groups excluding carboxylic acids is 1. The number of carbonyl (C=O) groups is 1. The summed E-state index contributed by atoms with van der Waals surface area (Å²) < 4.78 is 57.4. The van der Waals surface area contributed by atoms with Crippen LogP contribution in [-0.2, 0) is 47.1 Å². The Morgan fingerprint density at radius 2 is 1.72 bits per heavy atom. The number of H-pyrrole nitrogens is 1. The van der Waals surface area contributed by atoms with Crippen molar-refractivity contribution >= 4 is 29.4 Å². The number of nitrogens with zero attached hydrogens (tertiary/aromatic N) is 1. The summed E-state index contributed by atoms with van der Waals surface area (Å²) in [6.45, 7) is -1.00. The van der Waals surface area contributed by atoms with E-state index in [1.807, 2.05) is 4.98 Å². The molecule has 0 saturated carbocycles. The topological polar surface area (TPSA) is 276 Å². The van der Waals surface area contributed by atoms with Gasteiger partial charge in [-0.1, -0.05) is 0 Å². The number of ether oxygens (including phenoxy) is 1. The molecular weight excluding hydrogens is 507 g/mol. The molecule has 7 N–H and O–H groups in total. The number of aliphatic hydroxyl groups excluding tert-OH is 2. The van der Waals surface area contributed by atoms with Gasteiger partial charge in [0, 0.05) is 11.8 Å². The van der Waals surface area contributed by atoms with E-state index in [0.29, 0.717) is 4.57 Å². The zero-order chi connectivity index (χ0) is 24.1. The molecule has 2 fully saturated rings. The average molecular weight is 523 g/mol. The van der Waals surface area contributed by atoms with Gasteiger partial charge in [0.2, 0.25) is 5.91 Å². The fourth-order valence-electron chi connectivity index (χ4n) is 2.77. The van der Waals surface area contributed by atoms with Crippen molar-refractivity contribution in [3.8, 4) is 0 Å². The molecule has 2 aliphatic rings. The number of aromatic nitrogens is 2. The Morgan fingerprint density at radius 1 is 1.12 bits per heavy atom. The van der Waals surface area contributed by atoms with Gasteiger partial charge in [0.15, 0.2) is 6.23 Å². The lowest BCUT2D eigenvalue weighted by Gasteiger charge is -2.27. The summed E-state index contributed by atoms with van der Waals surface area (Å²) >= 11 is 0. The van der Waals surface area contributed by atoms with Gasteiger partial charge in [-0.05, 0) is 0 Å². The summed E-state index contributed by atoms with van der Waals surface area (Å²) in [7, 11) is -15.8. The van der Waals surface area contributed by atoms with Crippen LogP contribution in [0.1, 0.15) is 11.8 Å². The summed E-state index contributed by atoms with van der Waals surface area (Å²) in [5, 5.41) is 20.4. The van der Waals surface area contributed by atoms with Gasteiger partial charge < -0.3 is 30.5 Å². The number of rotatable bonds is 6. The molecule has 3 unspecified atom stereocenters. The van der Waals surface area contributed by atoms with Crippen LogP contribution in [0.15, 0.2) is 15.8 Å². The number of nitrogens with two attached hydrogens (primary N) is 1.